The third-order valence-corrected chi connectivity index (χ3v) is 3.34. The van der Waals surface area contributed by atoms with Gasteiger partial charge in [0.1, 0.15) is 0 Å². The zero-order chi connectivity index (χ0) is 14.4. The molecule has 1 heterocycles. The summed E-state index contributed by atoms with van der Waals surface area (Å²) in [5.74, 6) is 0.228. The van der Waals surface area contributed by atoms with Gasteiger partial charge in [0.2, 0.25) is 5.91 Å². The number of carbonyl (C=O) groups is 1. The van der Waals surface area contributed by atoms with Crippen molar-refractivity contribution >= 4 is 35.0 Å². The summed E-state index contributed by atoms with van der Waals surface area (Å²) in [5.41, 5.74) is 2.05. The first-order valence-electron chi connectivity index (χ1n) is 5.97. The van der Waals surface area contributed by atoms with Crippen LogP contribution in [0.3, 0.4) is 0 Å². The van der Waals surface area contributed by atoms with Gasteiger partial charge in [0.25, 0.3) is 0 Å². The monoisotopic (exact) mass is 277 g/mol. The number of hydrogen-bond donors (Lipinski definition) is 0. The van der Waals surface area contributed by atoms with Crippen molar-refractivity contribution in [2.75, 3.05) is 4.90 Å². The molecule has 1 amide bonds. The highest BCUT2D eigenvalue weighted by Crippen LogP contribution is 2.29. The maximum absolute atomic E-state index is 12.1. The van der Waals surface area contributed by atoms with Gasteiger partial charge < -0.3 is 0 Å². The summed E-state index contributed by atoms with van der Waals surface area (Å²) in [6, 6.07) is 7.92. The first-order valence-corrected chi connectivity index (χ1v) is 6.38. The van der Waals surface area contributed by atoms with Crippen LogP contribution in [0, 0.1) is 12.8 Å². The Balaban J connectivity index is 0.000000550. The van der Waals surface area contributed by atoms with E-state index >= 15 is 0 Å². The second-order valence-corrected chi connectivity index (χ2v) is 4.77. The van der Waals surface area contributed by atoms with Gasteiger partial charge in [0, 0.05) is 18.0 Å². The van der Waals surface area contributed by atoms with Crippen molar-refractivity contribution in [1.82, 2.24) is 0 Å². The van der Waals surface area contributed by atoms with Crippen LogP contribution >= 0.6 is 12.2 Å². The molecule has 5 heteroatoms. The average molecular weight is 277 g/mol. The Morgan fingerprint density at radius 2 is 2.05 bits per heavy atom. The van der Waals surface area contributed by atoms with Gasteiger partial charge in [0.05, 0.1) is 4.99 Å². The van der Waals surface area contributed by atoms with Gasteiger partial charge in [-0.05, 0) is 31.0 Å². The molecule has 100 valence electrons. The van der Waals surface area contributed by atoms with Crippen LogP contribution in [0.15, 0.2) is 24.3 Å². The zero-order valence-corrected chi connectivity index (χ0v) is 11.7. The molecule has 1 unspecified atom stereocenters. The first-order chi connectivity index (χ1) is 9.04. The highest BCUT2D eigenvalue weighted by atomic mass is 32.1. The van der Waals surface area contributed by atoms with Crippen molar-refractivity contribution < 1.29 is 14.4 Å². The van der Waals surface area contributed by atoms with E-state index in [4.69, 9.17) is 21.8 Å². The standard InChI is InChI=1S/C13H15NOS.CO2/c1-3-10-8-12(16)14(13(10)15)11-6-4-5-9(2)7-11;2-1-3/h4-7,10H,3,8H2,1-2H3;. The van der Waals surface area contributed by atoms with Crippen LogP contribution in [-0.4, -0.2) is 17.0 Å². The van der Waals surface area contributed by atoms with E-state index < -0.39 is 0 Å². The quantitative estimate of drug-likeness (QED) is 0.779. The molecule has 1 atom stereocenters. The molecule has 1 aliphatic heterocycles. The minimum absolute atomic E-state index is 0.0769. The van der Waals surface area contributed by atoms with Crippen molar-refractivity contribution in [2.24, 2.45) is 5.92 Å². The molecule has 0 N–H and O–H groups in total. The number of anilines is 1. The lowest BCUT2D eigenvalue weighted by Crippen LogP contribution is -2.29. The summed E-state index contributed by atoms with van der Waals surface area (Å²) >= 11 is 5.29. The van der Waals surface area contributed by atoms with Crippen LogP contribution in [0.5, 0.6) is 0 Å². The molecule has 19 heavy (non-hydrogen) atoms. The first kappa shape index (κ1) is 15.2. The second-order valence-electron chi connectivity index (χ2n) is 4.30. The van der Waals surface area contributed by atoms with Crippen LogP contribution in [0.4, 0.5) is 5.69 Å². The Labute approximate surface area is 117 Å². The van der Waals surface area contributed by atoms with Crippen molar-refractivity contribution in [3.8, 4) is 0 Å². The van der Waals surface area contributed by atoms with E-state index in [1.807, 2.05) is 38.1 Å². The summed E-state index contributed by atoms with van der Waals surface area (Å²) in [7, 11) is 0. The lowest BCUT2D eigenvalue weighted by atomic mass is 10.1. The van der Waals surface area contributed by atoms with Gasteiger partial charge in [-0.25, -0.2) is 0 Å². The zero-order valence-electron chi connectivity index (χ0n) is 10.9. The minimum atomic E-state index is 0.0769. The van der Waals surface area contributed by atoms with Crippen LogP contribution < -0.4 is 4.90 Å². The van der Waals surface area contributed by atoms with Crippen LogP contribution in [-0.2, 0) is 14.4 Å². The maximum atomic E-state index is 12.1. The Hall–Kier alpha value is -1.84. The summed E-state index contributed by atoms with van der Waals surface area (Å²) < 4.78 is 0. The van der Waals surface area contributed by atoms with Gasteiger partial charge in [-0.1, -0.05) is 31.3 Å². The van der Waals surface area contributed by atoms with E-state index in [9.17, 15) is 4.79 Å². The van der Waals surface area contributed by atoms with Gasteiger partial charge in [-0.2, -0.15) is 9.59 Å². The summed E-state index contributed by atoms with van der Waals surface area (Å²) in [5, 5.41) is 0. The SMILES string of the molecule is CCC1CC(=S)N(c2cccc(C)c2)C1=O.O=C=O. The molecule has 1 aromatic carbocycles. The fourth-order valence-electron chi connectivity index (χ4n) is 2.05. The van der Waals surface area contributed by atoms with Crippen LogP contribution in [0.1, 0.15) is 25.3 Å². The number of rotatable bonds is 2. The molecule has 0 saturated carbocycles. The molecule has 2 rings (SSSR count). The molecule has 0 bridgehead atoms. The summed E-state index contributed by atoms with van der Waals surface area (Å²) in [6.45, 7) is 4.05. The number of aryl methyl sites for hydroxylation is 1. The normalized spacial score (nSPS) is 17.8. The Morgan fingerprint density at radius 1 is 1.42 bits per heavy atom. The predicted octanol–water partition coefficient (Wildman–Crippen LogP) is 2.50. The molecule has 1 aromatic rings. The minimum Gasteiger partial charge on any atom is -0.275 e. The average Bonchev–Trinajstić information content (AvgIpc) is 2.65. The van der Waals surface area contributed by atoms with E-state index in [1.54, 1.807) is 4.90 Å². The second kappa shape index (κ2) is 6.92. The van der Waals surface area contributed by atoms with Gasteiger partial charge in [-0.15, -0.1) is 0 Å². The lowest BCUT2D eigenvalue weighted by Gasteiger charge is -2.17. The molecule has 0 radical (unpaired) electrons. The van der Waals surface area contributed by atoms with Gasteiger partial charge >= 0.3 is 6.15 Å². The molecule has 0 spiro atoms. The van der Waals surface area contributed by atoms with Gasteiger partial charge in [0.15, 0.2) is 0 Å². The third-order valence-electron chi connectivity index (χ3n) is 2.99. The number of carbonyl (C=O) groups excluding carboxylic acids is 3. The van der Waals surface area contributed by atoms with Crippen LogP contribution in [0.2, 0.25) is 0 Å². The molecule has 4 nitrogen and oxygen atoms in total. The molecular formula is C14H15NO3S. The van der Waals surface area contributed by atoms with E-state index in [2.05, 4.69) is 0 Å². The Kier molecular flexibility index (Phi) is 5.55. The van der Waals surface area contributed by atoms with Crippen molar-refractivity contribution in [1.29, 1.82) is 0 Å². The summed E-state index contributed by atoms with van der Waals surface area (Å²) in [4.78, 5) is 30.8. The fourth-order valence-corrected chi connectivity index (χ4v) is 2.45. The number of nitrogens with zero attached hydrogens (tertiary/aromatic N) is 1. The van der Waals surface area contributed by atoms with Crippen molar-refractivity contribution in [3.63, 3.8) is 0 Å². The van der Waals surface area contributed by atoms with E-state index in [0.29, 0.717) is 0 Å². The molecule has 1 fully saturated rings. The molecular weight excluding hydrogens is 262 g/mol. The molecule has 0 aliphatic carbocycles. The van der Waals surface area contributed by atoms with E-state index in [-0.39, 0.29) is 18.0 Å². The predicted molar refractivity (Wildman–Crippen MR) is 74.7 cm³/mol. The molecule has 0 aromatic heterocycles. The lowest BCUT2D eigenvalue weighted by molar-refractivity contribution is -0.191. The van der Waals surface area contributed by atoms with Crippen molar-refractivity contribution in [2.45, 2.75) is 26.7 Å². The maximum Gasteiger partial charge on any atom is 0.373 e. The van der Waals surface area contributed by atoms with Crippen molar-refractivity contribution in [3.05, 3.63) is 29.8 Å². The summed E-state index contributed by atoms with van der Waals surface area (Å²) in [6.07, 6.45) is 1.83. The Bertz CT molecular complexity index is 521. The fraction of sp³-hybridized carbons (Fsp3) is 0.357. The third kappa shape index (κ3) is 3.56. The largest absolute Gasteiger partial charge is 0.373 e. The number of hydrogen-bond acceptors (Lipinski definition) is 4. The highest BCUT2D eigenvalue weighted by molar-refractivity contribution is 7.80. The number of benzene rings is 1. The molecule has 1 aliphatic rings. The topological polar surface area (TPSA) is 54.5 Å². The Morgan fingerprint density at radius 3 is 2.53 bits per heavy atom. The van der Waals surface area contributed by atoms with Crippen LogP contribution in [0.25, 0.3) is 0 Å². The number of thiocarbonyl (C=S) groups is 1. The smallest absolute Gasteiger partial charge is 0.275 e. The van der Waals surface area contributed by atoms with Gasteiger partial charge in [-0.3, -0.25) is 9.69 Å². The molecule has 1 saturated heterocycles. The number of amides is 1. The van der Waals surface area contributed by atoms with E-state index in [0.717, 1.165) is 29.1 Å². The van der Waals surface area contributed by atoms with E-state index in [1.165, 1.54) is 0 Å². The highest BCUT2D eigenvalue weighted by Gasteiger charge is 2.35.